The molecule has 0 saturated heterocycles. The highest BCUT2D eigenvalue weighted by Crippen LogP contribution is 2.24. The second kappa shape index (κ2) is 2.39. The Bertz CT molecular complexity index is 339. The molecular weight excluding hydrogens is 160 g/mol. The Morgan fingerprint density at radius 2 is 2.45 bits per heavy atom. The van der Waals surface area contributed by atoms with Crippen LogP contribution in [0.25, 0.3) is 10.7 Å². The molecule has 11 heavy (non-hydrogen) atoms. The average Bonchev–Trinajstić information content (AvgIpc) is 2.55. The van der Waals surface area contributed by atoms with Gasteiger partial charge in [-0.15, -0.1) is 11.3 Å². The van der Waals surface area contributed by atoms with E-state index in [0.717, 1.165) is 10.7 Å². The molecule has 4 heteroatoms. The number of rotatable bonds is 1. The lowest BCUT2D eigenvalue weighted by atomic mass is 10.5. The fourth-order valence-electron chi connectivity index (χ4n) is 0.852. The van der Waals surface area contributed by atoms with Gasteiger partial charge in [0.1, 0.15) is 5.01 Å². The van der Waals surface area contributed by atoms with Crippen LogP contribution in [0.3, 0.4) is 0 Å². The summed E-state index contributed by atoms with van der Waals surface area (Å²) in [5.74, 6) is 0.0830. The summed E-state index contributed by atoms with van der Waals surface area (Å²) in [4.78, 5) is 6.90. The molecule has 0 aliphatic rings. The quantitative estimate of drug-likeness (QED) is 0.679. The molecule has 2 N–H and O–H groups in total. The molecule has 56 valence electrons. The second-order valence-corrected chi connectivity index (χ2v) is 2.95. The van der Waals surface area contributed by atoms with Crippen molar-refractivity contribution < 1.29 is 5.11 Å². The van der Waals surface area contributed by atoms with E-state index in [1.54, 1.807) is 5.38 Å². The normalized spacial score (nSPS) is 10.2. The van der Waals surface area contributed by atoms with Crippen molar-refractivity contribution in [1.82, 2.24) is 9.97 Å². The second-order valence-electron chi connectivity index (χ2n) is 2.09. The maximum absolute atomic E-state index is 8.94. The van der Waals surface area contributed by atoms with Crippen LogP contribution >= 0.6 is 11.3 Å². The molecule has 0 aliphatic heterocycles. The minimum atomic E-state index is 0.0830. The molecular formula is C7H6N2OS. The monoisotopic (exact) mass is 166 g/mol. The van der Waals surface area contributed by atoms with Crippen molar-refractivity contribution in [2.24, 2.45) is 0 Å². The van der Waals surface area contributed by atoms with Crippen molar-refractivity contribution in [3.63, 3.8) is 0 Å². The van der Waals surface area contributed by atoms with Crippen molar-refractivity contribution in [1.29, 1.82) is 0 Å². The summed E-state index contributed by atoms with van der Waals surface area (Å²) >= 11 is 1.41. The summed E-state index contributed by atoms with van der Waals surface area (Å²) < 4.78 is 0. The van der Waals surface area contributed by atoms with Crippen LogP contribution in [-0.4, -0.2) is 15.1 Å². The number of hydrogen-bond donors (Lipinski definition) is 2. The van der Waals surface area contributed by atoms with Gasteiger partial charge < -0.3 is 10.1 Å². The van der Waals surface area contributed by atoms with Gasteiger partial charge in [0.05, 0.1) is 11.1 Å². The Morgan fingerprint density at radius 3 is 3.00 bits per heavy atom. The zero-order chi connectivity index (χ0) is 7.68. The molecule has 2 heterocycles. The van der Waals surface area contributed by atoms with Gasteiger partial charge in [-0.3, -0.25) is 0 Å². The lowest BCUT2D eigenvalue weighted by molar-refractivity contribution is 0.458. The third-order valence-electron chi connectivity index (χ3n) is 1.32. The summed E-state index contributed by atoms with van der Waals surface area (Å²) in [7, 11) is 0. The molecule has 0 bridgehead atoms. The largest absolute Gasteiger partial charge is 0.493 e. The lowest BCUT2D eigenvalue weighted by Gasteiger charge is -1.85. The minimum absolute atomic E-state index is 0.0830. The van der Waals surface area contributed by atoms with Gasteiger partial charge in [-0.05, 0) is 12.1 Å². The lowest BCUT2D eigenvalue weighted by Crippen LogP contribution is -1.72. The number of hydrogen-bond acceptors (Lipinski definition) is 3. The van der Waals surface area contributed by atoms with E-state index in [9.17, 15) is 0 Å². The number of H-pyrrole nitrogens is 1. The van der Waals surface area contributed by atoms with Gasteiger partial charge in [0, 0.05) is 6.20 Å². The molecule has 0 fully saturated rings. The number of aromatic amines is 1. The van der Waals surface area contributed by atoms with Gasteiger partial charge in [0.25, 0.3) is 0 Å². The predicted octanol–water partition coefficient (Wildman–Crippen LogP) is 1.84. The topological polar surface area (TPSA) is 48.9 Å². The van der Waals surface area contributed by atoms with Crippen LogP contribution in [0.1, 0.15) is 0 Å². The number of nitrogens with one attached hydrogen (secondary N) is 1. The smallest absolute Gasteiger partial charge is 0.222 e. The van der Waals surface area contributed by atoms with Crippen molar-refractivity contribution in [3.05, 3.63) is 23.7 Å². The third-order valence-corrected chi connectivity index (χ3v) is 2.18. The highest BCUT2D eigenvalue weighted by atomic mass is 32.1. The van der Waals surface area contributed by atoms with Crippen molar-refractivity contribution in [2.45, 2.75) is 0 Å². The molecule has 0 saturated carbocycles. The highest BCUT2D eigenvalue weighted by Gasteiger charge is 2.02. The van der Waals surface area contributed by atoms with Gasteiger partial charge in [-0.1, -0.05) is 0 Å². The summed E-state index contributed by atoms with van der Waals surface area (Å²) in [6.07, 6.45) is 1.83. The number of aromatic hydroxyl groups is 1. The van der Waals surface area contributed by atoms with Gasteiger partial charge in [0.15, 0.2) is 0 Å². The molecule has 0 atom stereocenters. The van der Waals surface area contributed by atoms with Crippen LogP contribution < -0.4 is 0 Å². The summed E-state index contributed by atoms with van der Waals surface area (Å²) in [6, 6.07) is 3.81. The van der Waals surface area contributed by atoms with Crippen LogP contribution in [0.5, 0.6) is 5.88 Å². The van der Waals surface area contributed by atoms with E-state index in [1.807, 2.05) is 18.3 Å². The average molecular weight is 166 g/mol. The Kier molecular flexibility index (Phi) is 1.40. The van der Waals surface area contributed by atoms with E-state index in [2.05, 4.69) is 9.97 Å². The Balaban J connectivity index is 2.45. The first-order valence-electron chi connectivity index (χ1n) is 3.14. The summed E-state index contributed by atoms with van der Waals surface area (Å²) in [5, 5.41) is 11.4. The van der Waals surface area contributed by atoms with Gasteiger partial charge in [-0.2, -0.15) is 0 Å². The van der Waals surface area contributed by atoms with E-state index >= 15 is 0 Å². The number of aromatic nitrogens is 2. The number of nitrogens with zero attached hydrogens (tertiary/aromatic N) is 1. The molecule has 0 unspecified atom stereocenters. The molecule has 0 spiro atoms. The molecule has 2 rings (SSSR count). The zero-order valence-corrected chi connectivity index (χ0v) is 6.43. The van der Waals surface area contributed by atoms with E-state index in [-0.39, 0.29) is 5.88 Å². The highest BCUT2D eigenvalue weighted by molar-refractivity contribution is 7.13. The predicted molar refractivity (Wildman–Crippen MR) is 43.6 cm³/mol. The number of thiazole rings is 1. The standard InChI is InChI=1S/C7H6N2OS/c10-6-4-11-7(9-6)5-2-1-3-8-5/h1-4,8,10H. The van der Waals surface area contributed by atoms with Crippen molar-refractivity contribution >= 4 is 11.3 Å². The van der Waals surface area contributed by atoms with Gasteiger partial charge in [-0.25, -0.2) is 4.98 Å². The summed E-state index contributed by atoms with van der Waals surface area (Å²) in [6.45, 7) is 0. The van der Waals surface area contributed by atoms with E-state index in [4.69, 9.17) is 5.11 Å². The minimum Gasteiger partial charge on any atom is -0.493 e. The fraction of sp³-hybridized carbons (Fsp3) is 0. The van der Waals surface area contributed by atoms with Crippen LogP contribution in [0.2, 0.25) is 0 Å². The van der Waals surface area contributed by atoms with Gasteiger partial charge in [0.2, 0.25) is 5.88 Å². The van der Waals surface area contributed by atoms with E-state index in [1.165, 1.54) is 11.3 Å². The maximum Gasteiger partial charge on any atom is 0.222 e. The van der Waals surface area contributed by atoms with E-state index < -0.39 is 0 Å². The first kappa shape index (κ1) is 6.42. The van der Waals surface area contributed by atoms with Crippen LogP contribution in [-0.2, 0) is 0 Å². The van der Waals surface area contributed by atoms with Crippen LogP contribution in [0.4, 0.5) is 0 Å². The fourth-order valence-corrected chi connectivity index (χ4v) is 1.52. The summed E-state index contributed by atoms with van der Waals surface area (Å²) in [5.41, 5.74) is 0.940. The third kappa shape index (κ3) is 1.12. The molecule has 2 aromatic heterocycles. The van der Waals surface area contributed by atoms with Gasteiger partial charge >= 0.3 is 0 Å². The Hall–Kier alpha value is -1.29. The zero-order valence-electron chi connectivity index (χ0n) is 5.61. The molecule has 2 aromatic rings. The Labute approximate surface area is 67.4 Å². The molecule has 0 amide bonds. The first-order valence-corrected chi connectivity index (χ1v) is 4.02. The van der Waals surface area contributed by atoms with E-state index in [0.29, 0.717) is 0 Å². The van der Waals surface area contributed by atoms with Crippen LogP contribution in [0, 0.1) is 0 Å². The van der Waals surface area contributed by atoms with Crippen molar-refractivity contribution in [2.75, 3.05) is 0 Å². The SMILES string of the molecule is Oc1csc(-c2ccc[nH]2)n1. The molecule has 0 aromatic carbocycles. The van der Waals surface area contributed by atoms with Crippen LogP contribution in [0.15, 0.2) is 23.7 Å². The first-order chi connectivity index (χ1) is 5.36. The molecule has 3 nitrogen and oxygen atoms in total. The Morgan fingerprint density at radius 1 is 1.55 bits per heavy atom. The van der Waals surface area contributed by atoms with Crippen molar-refractivity contribution in [3.8, 4) is 16.6 Å². The maximum atomic E-state index is 8.94. The molecule has 0 radical (unpaired) electrons. The molecule has 0 aliphatic carbocycles.